The van der Waals surface area contributed by atoms with E-state index in [2.05, 4.69) is 15.5 Å². The van der Waals surface area contributed by atoms with Gasteiger partial charge in [0.1, 0.15) is 0 Å². The summed E-state index contributed by atoms with van der Waals surface area (Å²) in [6.45, 7) is 7.78. The fourth-order valence-electron chi connectivity index (χ4n) is 1.87. The van der Waals surface area contributed by atoms with Crippen LogP contribution >= 0.6 is 11.6 Å². The van der Waals surface area contributed by atoms with Gasteiger partial charge < -0.3 is 5.32 Å². The third-order valence-electron chi connectivity index (χ3n) is 3.07. The van der Waals surface area contributed by atoms with E-state index in [1.807, 2.05) is 31.6 Å². The summed E-state index contributed by atoms with van der Waals surface area (Å²) in [6.07, 6.45) is 3.58. The summed E-state index contributed by atoms with van der Waals surface area (Å²) >= 11 is 6.00. The number of hydrogen-bond acceptors (Lipinski definition) is 3. The summed E-state index contributed by atoms with van der Waals surface area (Å²) in [6, 6.07) is 0. The van der Waals surface area contributed by atoms with Crippen LogP contribution in [0.5, 0.6) is 0 Å². The highest BCUT2D eigenvalue weighted by molar-refractivity contribution is 6.33. The van der Waals surface area contributed by atoms with Crippen LogP contribution < -0.4 is 5.32 Å². The number of carbonyl (C=O) groups excluding carboxylic acids is 1. The van der Waals surface area contributed by atoms with Gasteiger partial charge in [0.25, 0.3) is 5.91 Å². The van der Waals surface area contributed by atoms with Gasteiger partial charge in [-0.05, 0) is 20.8 Å². The molecule has 2 rings (SSSR count). The van der Waals surface area contributed by atoms with Gasteiger partial charge in [0.15, 0.2) is 5.69 Å². The van der Waals surface area contributed by atoms with Crippen LogP contribution in [0.4, 0.5) is 0 Å². The Labute approximate surface area is 122 Å². The summed E-state index contributed by atoms with van der Waals surface area (Å²) in [5, 5.41) is 11.7. The Morgan fingerprint density at radius 2 is 1.90 bits per heavy atom. The molecule has 0 bridgehead atoms. The topological polar surface area (TPSA) is 64.7 Å². The van der Waals surface area contributed by atoms with E-state index in [1.54, 1.807) is 10.9 Å². The van der Waals surface area contributed by atoms with Crippen molar-refractivity contribution in [3.63, 3.8) is 0 Å². The fourth-order valence-corrected chi connectivity index (χ4v) is 2.10. The second-order valence-electron chi connectivity index (χ2n) is 4.46. The average Bonchev–Trinajstić information content (AvgIpc) is 2.99. The number of rotatable bonds is 5. The standard InChI is InChI=1S/C13H18ClN5O/c1-4-18-7-10(9(3)16-18)6-15-13(20)12-11(14)8-19(5-2)17-12/h7-8H,4-6H2,1-3H3,(H,15,20). The Morgan fingerprint density at radius 1 is 1.25 bits per heavy atom. The number of nitrogens with zero attached hydrogens (tertiary/aromatic N) is 4. The minimum absolute atomic E-state index is 0.258. The van der Waals surface area contributed by atoms with Crippen molar-refractivity contribution in [1.29, 1.82) is 0 Å². The first kappa shape index (κ1) is 14.6. The first-order valence-corrected chi connectivity index (χ1v) is 6.97. The lowest BCUT2D eigenvalue weighted by atomic mass is 10.2. The molecule has 7 heteroatoms. The van der Waals surface area contributed by atoms with Crippen LogP contribution in [0.25, 0.3) is 0 Å². The van der Waals surface area contributed by atoms with Crippen molar-refractivity contribution in [2.75, 3.05) is 0 Å². The van der Waals surface area contributed by atoms with Gasteiger partial charge in [0, 0.05) is 37.6 Å². The maximum atomic E-state index is 12.1. The molecule has 1 amide bonds. The number of aryl methyl sites for hydroxylation is 3. The molecule has 2 aromatic heterocycles. The minimum atomic E-state index is -0.272. The average molecular weight is 296 g/mol. The van der Waals surface area contributed by atoms with Crippen molar-refractivity contribution in [2.45, 2.75) is 40.4 Å². The Balaban J connectivity index is 2.04. The molecular weight excluding hydrogens is 278 g/mol. The molecule has 0 aliphatic heterocycles. The van der Waals surface area contributed by atoms with Crippen molar-refractivity contribution in [3.05, 3.63) is 34.4 Å². The maximum Gasteiger partial charge on any atom is 0.273 e. The van der Waals surface area contributed by atoms with Gasteiger partial charge in [0.2, 0.25) is 0 Å². The van der Waals surface area contributed by atoms with Gasteiger partial charge in [-0.25, -0.2) is 0 Å². The number of hydrogen-bond donors (Lipinski definition) is 1. The minimum Gasteiger partial charge on any atom is -0.346 e. The predicted molar refractivity (Wildman–Crippen MR) is 76.7 cm³/mol. The number of aromatic nitrogens is 4. The molecule has 6 nitrogen and oxygen atoms in total. The van der Waals surface area contributed by atoms with Gasteiger partial charge in [-0.15, -0.1) is 0 Å². The molecule has 108 valence electrons. The summed E-state index contributed by atoms with van der Waals surface area (Å²) in [4.78, 5) is 12.1. The normalized spacial score (nSPS) is 10.8. The third kappa shape index (κ3) is 3.01. The van der Waals surface area contributed by atoms with E-state index in [1.165, 1.54) is 0 Å². The lowest BCUT2D eigenvalue weighted by Gasteiger charge is -2.02. The molecule has 2 aromatic rings. The molecule has 0 aliphatic carbocycles. The zero-order valence-electron chi connectivity index (χ0n) is 11.9. The van der Waals surface area contributed by atoms with Crippen molar-refractivity contribution < 1.29 is 4.79 Å². The lowest BCUT2D eigenvalue weighted by Crippen LogP contribution is -2.24. The third-order valence-corrected chi connectivity index (χ3v) is 3.34. The van der Waals surface area contributed by atoms with Gasteiger partial charge in [-0.2, -0.15) is 10.2 Å². The van der Waals surface area contributed by atoms with Crippen LogP contribution in [0.1, 0.15) is 35.6 Å². The first-order chi connectivity index (χ1) is 9.55. The summed E-state index contributed by atoms with van der Waals surface area (Å²) < 4.78 is 3.48. The van der Waals surface area contributed by atoms with Crippen molar-refractivity contribution in [1.82, 2.24) is 24.9 Å². The number of amides is 1. The molecule has 2 heterocycles. The maximum absolute atomic E-state index is 12.1. The van der Waals surface area contributed by atoms with E-state index in [-0.39, 0.29) is 11.6 Å². The zero-order valence-corrected chi connectivity index (χ0v) is 12.6. The Bertz CT molecular complexity index is 616. The Kier molecular flexibility index (Phi) is 4.44. The molecule has 0 saturated heterocycles. The van der Waals surface area contributed by atoms with E-state index in [9.17, 15) is 4.79 Å². The second kappa shape index (κ2) is 6.09. The van der Waals surface area contributed by atoms with Crippen LogP contribution in [0.3, 0.4) is 0 Å². The van der Waals surface area contributed by atoms with Crippen LogP contribution in [-0.4, -0.2) is 25.5 Å². The van der Waals surface area contributed by atoms with E-state index in [0.29, 0.717) is 18.1 Å². The van der Waals surface area contributed by atoms with Crippen LogP contribution in [0, 0.1) is 6.92 Å². The van der Waals surface area contributed by atoms with Gasteiger partial charge in [-0.1, -0.05) is 11.6 Å². The summed E-state index contributed by atoms with van der Waals surface area (Å²) in [7, 11) is 0. The quantitative estimate of drug-likeness (QED) is 0.918. The molecule has 0 radical (unpaired) electrons. The summed E-state index contributed by atoms with van der Waals surface area (Å²) in [5.74, 6) is -0.272. The van der Waals surface area contributed by atoms with Gasteiger partial charge >= 0.3 is 0 Å². The Hall–Kier alpha value is -1.82. The highest BCUT2D eigenvalue weighted by Crippen LogP contribution is 2.14. The van der Waals surface area contributed by atoms with E-state index < -0.39 is 0 Å². The smallest absolute Gasteiger partial charge is 0.273 e. The Morgan fingerprint density at radius 3 is 2.45 bits per heavy atom. The molecule has 20 heavy (non-hydrogen) atoms. The van der Waals surface area contributed by atoms with E-state index in [4.69, 9.17) is 11.6 Å². The SMILES string of the molecule is CCn1cc(CNC(=O)c2nn(CC)cc2Cl)c(C)n1. The highest BCUT2D eigenvalue weighted by atomic mass is 35.5. The molecule has 0 aliphatic rings. The van der Waals surface area contributed by atoms with Crippen molar-refractivity contribution >= 4 is 17.5 Å². The first-order valence-electron chi connectivity index (χ1n) is 6.59. The zero-order chi connectivity index (χ0) is 14.7. The predicted octanol–water partition coefficient (Wildman–Crippen LogP) is 2.01. The highest BCUT2D eigenvalue weighted by Gasteiger charge is 2.15. The monoisotopic (exact) mass is 295 g/mol. The largest absolute Gasteiger partial charge is 0.346 e. The van der Waals surface area contributed by atoms with Crippen molar-refractivity contribution in [3.8, 4) is 0 Å². The van der Waals surface area contributed by atoms with Crippen LogP contribution in [0.2, 0.25) is 5.02 Å². The molecule has 0 spiro atoms. The second-order valence-corrected chi connectivity index (χ2v) is 4.87. The van der Waals surface area contributed by atoms with Crippen LogP contribution in [0.15, 0.2) is 12.4 Å². The molecule has 0 atom stereocenters. The number of nitrogens with one attached hydrogen (secondary N) is 1. The summed E-state index contributed by atoms with van der Waals surface area (Å²) in [5.41, 5.74) is 2.16. The van der Waals surface area contributed by atoms with Gasteiger partial charge in [-0.3, -0.25) is 14.2 Å². The lowest BCUT2D eigenvalue weighted by molar-refractivity contribution is 0.0945. The number of halogens is 1. The van der Waals surface area contributed by atoms with Gasteiger partial charge in [0.05, 0.1) is 10.7 Å². The number of carbonyl (C=O) groups is 1. The molecule has 1 N–H and O–H groups in total. The van der Waals surface area contributed by atoms with E-state index >= 15 is 0 Å². The molecule has 0 aromatic carbocycles. The molecule has 0 fully saturated rings. The van der Waals surface area contributed by atoms with Crippen molar-refractivity contribution in [2.24, 2.45) is 0 Å². The molecular formula is C13H18ClN5O. The fraction of sp³-hybridized carbons (Fsp3) is 0.462. The van der Waals surface area contributed by atoms with Crippen LogP contribution in [-0.2, 0) is 19.6 Å². The van der Waals surface area contributed by atoms with E-state index in [0.717, 1.165) is 17.8 Å². The molecule has 0 unspecified atom stereocenters. The molecule has 0 saturated carbocycles.